The molecule has 1 aromatic carbocycles. The van der Waals surface area contributed by atoms with Gasteiger partial charge in [0, 0.05) is 34.1 Å². The van der Waals surface area contributed by atoms with Crippen LogP contribution in [0.15, 0.2) is 42.7 Å². The van der Waals surface area contributed by atoms with Gasteiger partial charge in [-0.1, -0.05) is 17.7 Å². The fourth-order valence-electron chi connectivity index (χ4n) is 3.43. The number of halogens is 1. The second-order valence-electron chi connectivity index (χ2n) is 6.59. The van der Waals surface area contributed by atoms with Gasteiger partial charge >= 0.3 is 0 Å². The summed E-state index contributed by atoms with van der Waals surface area (Å²) in [5.41, 5.74) is 1.75. The molecule has 5 nitrogen and oxygen atoms in total. The lowest BCUT2D eigenvalue weighted by Crippen LogP contribution is -2.28. The molecule has 1 N–H and O–H groups in total. The van der Waals surface area contributed by atoms with E-state index in [1.165, 1.54) is 6.42 Å². The molecular weight excluding hydrogens is 380 g/mol. The largest absolute Gasteiger partial charge is 0.475 e. The number of pyridine rings is 1. The minimum atomic E-state index is 0.373. The molecule has 0 radical (unpaired) electrons. The maximum absolute atomic E-state index is 6.49. The Morgan fingerprint density at radius 1 is 1.19 bits per heavy atom. The van der Waals surface area contributed by atoms with E-state index in [0.29, 0.717) is 29.4 Å². The normalized spacial score (nSPS) is 17.0. The summed E-state index contributed by atoms with van der Waals surface area (Å²) in [5.74, 6) is 1.25. The zero-order valence-corrected chi connectivity index (χ0v) is 16.1. The Kier molecular flexibility index (Phi) is 4.39. The highest BCUT2D eigenvalue weighted by Gasteiger charge is 2.20. The predicted octanol–water partition coefficient (Wildman–Crippen LogP) is 4.69. The van der Waals surface area contributed by atoms with Gasteiger partial charge in [-0.15, -0.1) is 11.3 Å². The van der Waals surface area contributed by atoms with Crippen LogP contribution in [-0.4, -0.2) is 34.1 Å². The van der Waals surface area contributed by atoms with E-state index in [2.05, 4.69) is 16.4 Å². The van der Waals surface area contributed by atoms with Gasteiger partial charge in [0.15, 0.2) is 5.82 Å². The van der Waals surface area contributed by atoms with Crippen LogP contribution in [0.3, 0.4) is 0 Å². The van der Waals surface area contributed by atoms with E-state index in [1.807, 2.05) is 24.3 Å². The Bertz CT molecular complexity index is 1110. The molecule has 5 rings (SSSR count). The lowest BCUT2D eigenvalue weighted by molar-refractivity contribution is 0.271. The Hall–Kier alpha value is -2.28. The number of rotatable bonds is 4. The van der Waals surface area contributed by atoms with Gasteiger partial charge in [-0.05, 0) is 43.7 Å². The van der Waals surface area contributed by atoms with Crippen LogP contribution in [0.2, 0.25) is 5.02 Å². The van der Waals surface area contributed by atoms with Gasteiger partial charge in [-0.25, -0.2) is 4.98 Å². The van der Waals surface area contributed by atoms with Gasteiger partial charge in [0.25, 0.3) is 0 Å². The first-order valence-electron chi connectivity index (χ1n) is 8.95. The third-order valence-corrected chi connectivity index (χ3v) is 6.23. The average Bonchev–Trinajstić information content (AvgIpc) is 3.35. The summed E-state index contributed by atoms with van der Waals surface area (Å²) in [5, 5.41) is 5.12. The van der Waals surface area contributed by atoms with Crippen LogP contribution in [0.1, 0.15) is 12.8 Å². The lowest BCUT2D eigenvalue weighted by atomic mass is 10.2. The Morgan fingerprint density at radius 2 is 2.07 bits per heavy atom. The lowest BCUT2D eigenvalue weighted by Gasteiger charge is -2.12. The van der Waals surface area contributed by atoms with Crippen LogP contribution in [0.4, 0.5) is 0 Å². The molecule has 0 saturated carbocycles. The highest BCUT2D eigenvalue weighted by atomic mass is 35.5. The molecule has 1 saturated heterocycles. The number of fused-ring (bicyclic) bond motifs is 3. The van der Waals surface area contributed by atoms with Crippen molar-refractivity contribution in [3.05, 3.63) is 47.7 Å². The van der Waals surface area contributed by atoms with Gasteiger partial charge < -0.3 is 10.1 Å². The number of aromatic nitrogens is 3. The minimum Gasteiger partial charge on any atom is -0.475 e. The van der Waals surface area contributed by atoms with Crippen LogP contribution < -0.4 is 10.1 Å². The smallest absolute Gasteiger partial charge is 0.235 e. The summed E-state index contributed by atoms with van der Waals surface area (Å²) in [6.07, 6.45) is 5.80. The molecule has 4 heterocycles. The number of thiophene rings is 1. The van der Waals surface area contributed by atoms with E-state index >= 15 is 0 Å². The van der Waals surface area contributed by atoms with Crippen molar-refractivity contribution >= 4 is 43.2 Å². The maximum atomic E-state index is 6.49. The van der Waals surface area contributed by atoms with Crippen LogP contribution in [0.25, 0.3) is 31.7 Å². The van der Waals surface area contributed by atoms with Gasteiger partial charge in [0.1, 0.15) is 11.3 Å². The number of hydrogen-bond donors (Lipinski definition) is 1. The molecule has 0 unspecified atom stereocenters. The van der Waals surface area contributed by atoms with Crippen molar-refractivity contribution in [1.82, 2.24) is 20.3 Å². The summed E-state index contributed by atoms with van der Waals surface area (Å²) in [6, 6.07) is 10.1. The molecule has 3 aromatic heterocycles. The number of benzene rings is 1. The molecule has 0 bridgehead atoms. The molecule has 1 fully saturated rings. The molecule has 0 aliphatic carbocycles. The number of nitrogens with one attached hydrogen (secondary N) is 1. The summed E-state index contributed by atoms with van der Waals surface area (Å²) < 4.78 is 8.20. The first kappa shape index (κ1) is 16.9. The quantitative estimate of drug-likeness (QED) is 0.542. The molecule has 0 amide bonds. The molecular formula is C20H17ClN4OS. The molecule has 1 aliphatic heterocycles. The van der Waals surface area contributed by atoms with Crippen molar-refractivity contribution in [2.45, 2.75) is 18.9 Å². The summed E-state index contributed by atoms with van der Waals surface area (Å²) in [7, 11) is 0. The Labute approximate surface area is 165 Å². The standard InChI is InChI=1S/C20H17ClN4OS/c21-14-4-1-5-15-16(14)17-18(27-15)20(26-11-13-3-2-8-23-13)25-19(24-17)12-6-9-22-10-7-12/h1,4-7,9-10,13,23H,2-3,8,11H2/t13-/m1/s1. The van der Waals surface area contributed by atoms with Gasteiger partial charge in [0.2, 0.25) is 5.88 Å². The molecule has 27 heavy (non-hydrogen) atoms. The zero-order chi connectivity index (χ0) is 18.2. The van der Waals surface area contributed by atoms with Crippen LogP contribution in [0.5, 0.6) is 5.88 Å². The van der Waals surface area contributed by atoms with Gasteiger partial charge in [-0.3, -0.25) is 4.98 Å². The number of hydrogen-bond acceptors (Lipinski definition) is 6. The van der Waals surface area contributed by atoms with Crippen LogP contribution in [-0.2, 0) is 0 Å². The molecule has 136 valence electrons. The van der Waals surface area contributed by atoms with E-state index < -0.39 is 0 Å². The number of nitrogens with zero attached hydrogens (tertiary/aromatic N) is 3. The molecule has 0 spiro atoms. The van der Waals surface area contributed by atoms with Gasteiger partial charge in [0.05, 0.1) is 10.5 Å². The summed E-state index contributed by atoms with van der Waals surface area (Å²) >= 11 is 8.12. The van der Waals surface area contributed by atoms with E-state index in [1.54, 1.807) is 23.7 Å². The second-order valence-corrected chi connectivity index (χ2v) is 8.04. The number of ether oxygens (including phenoxy) is 1. The van der Waals surface area contributed by atoms with Crippen molar-refractivity contribution in [3.63, 3.8) is 0 Å². The molecule has 1 atom stereocenters. The molecule has 4 aromatic rings. The maximum Gasteiger partial charge on any atom is 0.235 e. The van der Waals surface area contributed by atoms with Crippen molar-refractivity contribution in [3.8, 4) is 17.3 Å². The monoisotopic (exact) mass is 396 g/mol. The van der Waals surface area contributed by atoms with Crippen molar-refractivity contribution in [1.29, 1.82) is 0 Å². The Morgan fingerprint density at radius 3 is 2.89 bits per heavy atom. The first-order chi connectivity index (χ1) is 13.3. The van der Waals surface area contributed by atoms with Crippen LogP contribution in [0, 0.1) is 0 Å². The first-order valence-corrected chi connectivity index (χ1v) is 10.1. The predicted molar refractivity (Wildman–Crippen MR) is 110 cm³/mol. The van der Waals surface area contributed by atoms with Crippen LogP contribution >= 0.6 is 22.9 Å². The van der Waals surface area contributed by atoms with E-state index in [-0.39, 0.29) is 0 Å². The fourth-order valence-corrected chi connectivity index (χ4v) is 4.86. The minimum absolute atomic E-state index is 0.373. The third-order valence-electron chi connectivity index (χ3n) is 4.78. The third kappa shape index (κ3) is 3.14. The average molecular weight is 397 g/mol. The van der Waals surface area contributed by atoms with E-state index in [9.17, 15) is 0 Å². The highest BCUT2D eigenvalue weighted by molar-refractivity contribution is 7.26. The zero-order valence-electron chi connectivity index (χ0n) is 14.5. The Balaban J connectivity index is 1.68. The molecule has 1 aliphatic rings. The fraction of sp³-hybridized carbons (Fsp3) is 0.250. The van der Waals surface area contributed by atoms with Crippen molar-refractivity contribution < 1.29 is 4.74 Å². The van der Waals surface area contributed by atoms with Crippen molar-refractivity contribution in [2.75, 3.05) is 13.2 Å². The highest BCUT2D eigenvalue weighted by Crippen LogP contribution is 2.41. The summed E-state index contributed by atoms with van der Waals surface area (Å²) in [4.78, 5) is 13.6. The summed E-state index contributed by atoms with van der Waals surface area (Å²) in [6.45, 7) is 1.65. The second kappa shape index (κ2) is 7.03. The van der Waals surface area contributed by atoms with E-state index in [4.69, 9.17) is 26.3 Å². The topological polar surface area (TPSA) is 59.9 Å². The SMILES string of the molecule is Clc1cccc2sc3c(OC[C@H]4CCCN4)nc(-c4ccncc4)nc3c12. The van der Waals surface area contributed by atoms with Gasteiger partial charge in [-0.2, -0.15) is 4.98 Å². The molecule has 7 heteroatoms. The van der Waals surface area contributed by atoms with E-state index in [0.717, 1.165) is 38.8 Å². The van der Waals surface area contributed by atoms with Crippen molar-refractivity contribution in [2.24, 2.45) is 0 Å².